The van der Waals surface area contributed by atoms with Crippen LogP contribution in [0.25, 0.3) is 0 Å². The third kappa shape index (κ3) is 4.12. The maximum Gasteiger partial charge on any atom is 0.220 e. The molecule has 2 heterocycles. The highest BCUT2D eigenvalue weighted by Gasteiger charge is 2.30. The number of anilines is 1. The summed E-state index contributed by atoms with van der Waals surface area (Å²) in [6.45, 7) is 3.79. The Hall–Kier alpha value is -2.60. The summed E-state index contributed by atoms with van der Waals surface area (Å²) < 4.78 is 1.06. The number of fused-ring (bicyclic) bond motifs is 1. The second-order valence-corrected chi connectivity index (χ2v) is 8.12. The van der Waals surface area contributed by atoms with Crippen LogP contribution in [0.15, 0.2) is 65.5 Å². The lowest BCUT2D eigenvalue weighted by molar-refractivity contribution is -0.131. The minimum absolute atomic E-state index is 0.104. The third-order valence-corrected chi connectivity index (χ3v) is 5.71. The van der Waals surface area contributed by atoms with Crippen molar-refractivity contribution in [3.63, 3.8) is 0 Å². The molecule has 1 N–H and O–H groups in total. The number of halogens is 1. The third-order valence-electron chi connectivity index (χ3n) is 5.22. The molecule has 0 fully saturated rings. The molecule has 2 aromatic carbocycles. The molecule has 0 saturated carbocycles. The Morgan fingerprint density at radius 2 is 2.11 bits per heavy atom. The summed E-state index contributed by atoms with van der Waals surface area (Å²) in [4.78, 5) is 24.3. The number of hydrogen-bond donors (Lipinski definition) is 1. The molecule has 4 rings (SSSR count). The molecule has 6 heteroatoms. The molecular formula is C22H23BrN4O. The van der Waals surface area contributed by atoms with Gasteiger partial charge in [-0.25, -0.2) is 4.98 Å². The normalized spacial score (nSPS) is 15.9. The first kappa shape index (κ1) is 18.7. The van der Waals surface area contributed by atoms with Gasteiger partial charge in [-0.1, -0.05) is 46.3 Å². The Labute approximate surface area is 173 Å². The Morgan fingerprint density at radius 3 is 2.82 bits per heavy atom. The standard InChI is InChI=1S/C22H23BrN4O/c1-16(28)27(12-17-5-3-2-4-6-17)21-10-18-9-19(23)7-8-22(18)26(14-21)13-20-11-24-15-25-20/h2-9,11,15,21H,10,12-14H2,1H3,(H,24,25). The van der Waals surface area contributed by atoms with Gasteiger partial charge in [-0.2, -0.15) is 0 Å². The van der Waals surface area contributed by atoms with Crippen LogP contribution in [0.1, 0.15) is 23.7 Å². The number of nitrogens with zero attached hydrogens (tertiary/aromatic N) is 3. The van der Waals surface area contributed by atoms with Crippen molar-refractivity contribution in [2.24, 2.45) is 0 Å². The van der Waals surface area contributed by atoms with Crippen LogP contribution in [0.3, 0.4) is 0 Å². The van der Waals surface area contributed by atoms with Crippen LogP contribution in [0.2, 0.25) is 0 Å². The summed E-state index contributed by atoms with van der Waals surface area (Å²) in [5, 5.41) is 0. The predicted octanol–water partition coefficient (Wildman–Crippen LogP) is 4.15. The van der Waals surface area contributed by atoms with E-state index in [1.165, 1.54) is 11.3 Å². The smallest absolute Gasteiger partial charge is 0.220 e. The second kappa shape index (κ2) is 8.19. The largest absolute Gasteiger partial charge is 0.363 e. The maximum atomic E-state index is 12.5. The van der Waals surface area contributed by atoms with E-state index in [0.29, 0.717) is 13.1 Å². The van der Waals surface area contributed by atoms with Gasteiger partial charge in [0.05, 0.1) is 24.6 Å². The van der Waals surface area contributed by atoms with Gasteiger partial charge in [0, 0.05) is 36.4 Å². The van der Waals surface area contributed by atoms with Gasteiger partial charge in [0.2, 0.25) is 5.91 Å². The average molecular weight is 439 g/mol. The Kier molecular flexibility index (Phi) is 5.48. The van der Waals surface area contributed by atoms with Crippen molar-refractivity contribution in [1.82, 2.24) is 14.9 Å². The topological polar surface area (TPSA) is 52.2 Å². The molecule has 28 heavy (non-hydrogen) atoms. The Bertz CT molecular complexity index is 942. The van der Waals surface area contributed by atoms with Crippen LogP contribution in [-0.2, 0) is 24.3 Å². The first-order chi connectivity index (χ1) is 13.6. The Morgan fingerprint density at radius 1 is 1.29 bits per heavy atom. The molecule has 0 radical (unpaired) electrons. The van der Waals surface area contributed by atoms with Crippen molar-refractivity contribution in [3.8, 4) is 0 Å². The molecule has 3 aromatic rings. The number of hydrogen-bond acceptors (Lipinski definition) is 3. The van der Waals surface area contributed by atoms with Crippen LogP contribution < -0.4 is 4.90 Å². The fourth-order valence-corrected chi connectivity index (χ4v) is 4.31. The molecule has 1 atom stereocenters. The zero-order valence-corrected chi connectivity index (χ0v) is 17.4. The number of carbonyl (C=O) groups is 1. The van der Waals surface area contributed by atoms with E-state index in [4.69, 9.17) is 0 Å². The van der Waals surface area contributed by atoms with Gasteiger partial charge in [-0.15, -0.1) is 0 Å². The first-order valence-corrected chi connectivity index (χ1v) is 10.2. The van der Waals surface area contributed by atoms with Crippen molar-refractivity contribution >= 4 is 27.5 Å². The van der Waals surface area contributed by atoms with Crippen molar-refractivity contribution in [2.75, 3.05) is 11.4 Å². The average Bonchev–Trinajstić information content (AvgIpc) is 3.19. The van der Waals surface area contributed by atoms with Crippen LogP contribution in [0.4, 0.5) is 5.69 Å². The highest BCUT2D eigenvalue weighted by molar-refractivity contribution is 9.10. The number of aromatic amines is 1. The fraction of sp³-hybridized carbons (Fsp3) is 0.273. The highest BCUT2D eigenvalue weighted by Crippen LogP contribution is 2.32. The number of amides is 1. The zero-order valence-electron chi connectivity index (χ0n) is 15.8. The fourth-order valence-electron chi connectivity index (χ4n) is 3.91. The minimum Gasteiger partial charge on any atom is -0.363 e. The zero-order chi connectivity index (χ0) is 19.5. The summed E-state index contributed by atoms with van der Waals surface area (Å²) in [5.74, 6) is 0.104. The van der Waals surface area contributed by atoms with E-state index < -0.39 is 0 Å². The predicted molar refractivity (Wildman–Crippen MR) is 114 cm³/mol. The summed E-state index contributed by atoms with van der Waals surface area (Å²) in [5.41, 5.74) is 4.61. The number of benzene rings is 2. The van der Waals surface area contributed by atoms with E-state index in [2.05, 4.69) is 61.1 Å². The summed E-state index contributed by atoms with van der Waals surface area (Å²) in [6, 6.07) is 16.7. The molecule has 1 aliphatic rings. The molecule has 0 saturated heterocycles. The van der Waals surface area contributed by atoms with Gasteiger partial charge in [0.15, 0.2) is 0 Å². The molecule has 1 aliphatic heterocycles. The quantitative estimate of drug-likeness (QED) is 0.650. The molecule has 144 valence electrons. The molecule has 0 spiro atoms. The van der Waals surface area contributed by atoms with E-state index >= 15 is 0 Å². The van der Waals surface area contributed by atoms with E-state index in [1.807, 2.05) is 29.3 Å². The molecule has 5 nitrogen and oxygen atoms in total. The van der Waals surface area contributed by atoms with Crippen molar-refractivity contribution in [2.45, 2.75) is 32.5 Å². The summed E-state index contributed by atoms with van der Waals surface area (Å²) >= 11 is 3.59. The lowest BCUT2D eigenvalue weighted by Crippen LogP contribution is -2.49. The minimum atomic E-state index is 0.104. The van der Waals surface area contributed by atoms with Crippen molar-refractivity contribution < 1.29 is 4.79 Å². The molecular weight excluding hydrogens is 416 g/mol. The number of H-pyrrole nitrogens is 1. The van der Waals surface area contributed by atoms with Crippen molar-refractivity contribution in [1.29, 1.82) is 0 Å². The van der Waals surface area contributed by atoms with Crippen molar-refractivity contribution in [3.05, 3.63) is 82.3 Å². The lowest BCUT2D eigenvalue weighted by atomic mass is 9.96. The SMILES string of the molecule is CC(=O)N(Cc1ccccc1)C1Cc2cc(Br)ccc2N(Cc2c[nH]cn2)C1. The number of rotatable bonds is 5. The Balaban J connectivity index is 1.64. The highest BCUT2D eigenvalue weighted by atomic mass is 79.9. The second-order valence-electron chi connectivity index (χ2n) is 7.20. The van der Waals surface area contributed by atoms with Gasteiger partial charge in [-0.3, -0.25) is 4.79 Å². The van der Waals surface area contributed by atoms with Gasteiger partial charge >= 0.3 is 0 Å². The summed E-state index contributed by atoms with van der Waals surface area (Å²) in [6.07, 6.45) is 4.48. The summed E-state index contributed by atoms with van der Waals surface area (Å²) in [7, 11) is 0. The molecule has 1 aromatic heterocycles. The van der Waals surface area contributed by atoms with Gasteiger partial charge in [0.1, 0.15) is 0 Å². The first-order valence-electron chi connectivity index (χ1n) is 9.42. The van der Waals surface area contributed by atoms with Crippen LogP contribution in [0, 0.1) is 0 Å². The van der Waals surface area contributed by atoms with Gasteiger partial charge in [0.25, 0.3) is 0 Å². The maximum absolute atomic E-state index is 12.5. The van der Waals surface area contributed by atoms with E-state index in [0.717, 1.165) is 28.7 Å². The lowest BCUT2D eigenvalue weighted by Gasteiger charge is -2.41. The van der Waals surface area contributed by atoms with Crippen LogP contribution >= 0.6 is 15.9 Å². The van der Waals surface area contributed by atoms with E-state index in [9.17, 15) is 4.79 Å². The molecule has 0 aliphatic carbocycles. The molecule has 1 amide bonds. The number of aromatic nitrogens is 2. The molecule has 1 unspecified atom stereocenters. The molecule has 0 bridgehead atoms. The number of imidazole rings is 1. The van der Waals surface area contributed by atoms with Crippen LogP contribution in [-0.4, -0.2) is 33.4 Å². The van der Waals surface area contributed by atoms with Crippen LogP contribution in [0.5, 0.6) is 0 Å². The van der Waals surface area contributed by atoms with Gasteiger partial charge in [-0.05, 0) is 35.7 Å². The van der Waals surface area contributed by atoms with E-state index in [-0.39, 0.29) is 11.9 Å². The monoisotopic (exact) mass is 438 g/mol. The van der Waals surface area contributed by atoms with Gasteiger partial charge < -0.3 is 14.8 Å². The number of nitrogens with one attached hydrogen (secondary N) is 1. The number of carbonyl (C=O) groups excluding carboxylic acids is 1. The van der Waals surface area contributed by atoms with E-state index in [1.54, 1.807) is 13.3 Å².